The number of rotatable bonds is 8. The minimum atomic E-state index is -0.916. The van der Waals surface area contributed by atoms with Gasteiger partial charge >= 0.3 is 5.97 Å². The van der Waals surface area contributed by atoms with Crippen LogP contribution in [-0.2, 0) is 4.79 Å². The van der Waals surface area contributed by atoms with Crippen LogP contribution < -0.4 is 0 Å². The summed E-state index contributed by atoms with van der Waals surface area (Å²) in [6.45, 7) is 2.15. The van der Waals surface area contributed by atoms with E-state index in [1.807, 2.05) is 0 Å². The third-order valence-electron chi connectivity index (χ3n) is 2.05. The van der Waals surface area contributed by atoms with Crippen molar-refractivity contribution in [3.63, 3.8) is 0 Å². The second-order valence-corrected chi connectivity index (χ2v) is 3.45. The molecular weight excluding hydrogens is 207 g/mol. The third-order valence-corrected chi connectivity index (χ3v) is 2.05. The number of carboxylic acids is 1. The Morgan fingerprint density at radius 3 is 2.29 bits per heavy atom. The average Bonchev–Trinajstić information content (AvgIpc) is 2.02. The van der Waals surface area contributed by atoms with Crippen molar-refractivity contribution in [1.29, 1.82) is 0 Å². The zero-order valence-corrected chi connectivity index (χ0v) is 12.5. The second-order valence-electron chi connectivity index (χ2n) is 3.45. The number of aliphatic hydroxyl groups is 1. The van der Waals surface area contributed by atoms with E-state index < -0.39 is 12.1 Å². The van der Waals surface area contributed by atoms with E-state index in [-0.39, 0.29) is 57.8 Å². The molecule has 0 rings (SSSR count). The van der Waals surface area contributed by atoms with E-state index >= 15 is 0 Å². The van der Waals surface area contributed by atoms with Crippen LogP contribution in [0.2, 0.25) is 0 Å². The van der Waals surface area contributed by atoms with Crippen molar-refractivity contribution in [3.8, 4) is 0 Å². The Labute approximate surface area is 129 Å². The van der Waals surface area contributed by atoms with Crippen LogP contribution in [0, 0.1) is 0 Å². The molecule has 0 heterocycles. The maximum atomic E-state index is 10.2. The van der Waals surface area contributed by atoms with Crippen LogP contribution in [0.3, 0.4) is 0 Å². The van der Waals surface area contributed by atoms with Gasteiger partial charge in [0, 0.05) is 51.4 Å². The molecule has 0 aromatic heterocycles. The van der Waals surface area contributed by atoms with E-state index in [2.05, 4.69) is 6.92 Å². The van der Waals surface area contributed by atoms with Crippen molar-refractivity contribution in [2.45, 2.75) is 58.0 Å². The summed E-state index contributed by atoms with van der Waals surface area (Å²) >= 11 is 0. The first kappa shape index (κ1) is 17.5. The molecule has 1 unspecified atom stereocenters. The van der Waals surface area contributed by atoms with Gasteiger partial charge in [0.05, 0.1) is 12.5 Å². The Bertz CT molecular complexity index is 139. The zero-order chi connectivity index (χ0) is 10.1. The van der Waals surface area contributed by atoms with E-state index in [0.29, 0.717) is 6.42 Å². The summed E-state index contributed by atoms with van der Waals surface area (Å²) in [5.74, 6) is -0.916. The molecule has 0 saturated carbocycles. The number of hydrogen-bond acceptors (Lipinski definition) is 2. The van der Waals surface area contributed by atoms with Gasteiger partial charge in [-0.3, -0.25) is 4.79 Å². The van der Waals surface area contributed by atoms with Crippen molar-refractivity contribution in [1.82, 2.24) is 0 Å². The average molecular weight is 227 g/mol. The maximum Gasteiger partial charge on any atom is 0.305 e. The molecule has 1 radical (unpaired) electrons. The molecule has 0 aromatic carbocycles. The molecule has 0 aliphatic rings. The van der Waals surface area contributed by atoms with Crippen LogP contribution in [-0.4, -0.2) is 73.7 Å². The van der Waals surface area contributed by atoms with Crippen molar-refractivity contribution in [2.75, 3.05) is 0 Å². The van der Waals surface area contributed by atoms with Gasteiger partial charge < -0.3 is 10.2 Å². The summed E-state index contributed by atoms with van der Waals surface area (Å²) in [7, 11) is 0. The summed E-state index contributed by atoms with van der Waals surface area (Å²) in [5.41, 5.74) is 0. The monoisotopic (exact) mass is 227 g/mol. The fraction of sp³-hybridized carbons (Fsp3) is 0.900. The van der Waals surface area contributed by atoms with Crippen LogP contribution in [0.1, 0.15) is 51.9 Å². The second kappa shape index (κ2) is 12.1. The van der Waals surface area contributed by atoms with Gasteiger partial charge in [-0.25, -0.2) is 0 Å². The molecule has 0 amide bonds. The first-order valence-corrected chi connectivity index (χ1v) is 5.06. The Hall–Kier alpha value is 1.07. The number of carbonyl (C=O) groups is 1. The van der Waals surface area contributed by atoms with Crippen LogP contribution in [0.5, 0.6) is 0 Å². The molecule has 1 atom stereocenters. The summed E-state index contributed by atoms with van der Waals surface area (Å²) in [5, 5.41) is 17.6. The third kappa shape index (κ3) is 13.1. The molecule has 14 heavy (non-hydrogen) atoms. The number of unbranched alkanes of at least 4 members (excludes halogenated alkanes) is 4. The summed E-state index contributed by atoms with van der Waals surface area (Å²) in [6.07, 6.45) is 5.52. The predicted octanol–water partition coefficient (Wildman–Crippen LogP) is 1.80. The van der Waals surface area contributed by atoms with Gasteiger partial charge in [-0.1, -0.05) is 39.0 Å². The van der Waals surface area contributed by atoms with Crippen molar-refractivity contribution in [3.05, 3.63) is 0 Å². The fourth-order valence-electron chi connectivity index (χ4n) is 1.29. The van der Waals surface area contributed by atoms with Gasteiger partial charge in [0.15, 0.2) is 0 Å². The number of carboxylic acid groups (broad SMARTS) is 1. The van der Waals surface area contributed by atoms with Gasteiger partial charge in [0.2, 0.25) is 0 Å². The zero-order valence-electron chi connectivity index (χ0n) is 9.33. The molecular formula is C10H20KO3. The van der Waals surface area contributed by atoms with Gasteiger partial charge in [0.1, 0.15) is 0 Å². The standard InChI is InChI=1S/C10H20O3.K/c1-2-3-4-5-6-7-9(11)8-10(12)13;/h9,11H,2-8H2,1H3,(H,12,13);. The minimum Gasteiger partial charge on any atom is -0.481 e. The molecule has 2 N–H and O–H groups in total. The van der Waals surface area contributed by atoms with Crippen molar-refractivity contribution in [2.24, 2.45) is 0 Å². The number of aliphatic carboxylic acids is 1. The minimum absolute atomic E-state index is 0. The number of aliphatic hydroxyl groups excluding tert-OH is 1. The SMILES string of the molecule is CCCCCCCC(O)CC(=O)O.[K]. The summed E-state index contributed by atoms with van der Waals surface area (Å²) < 4.78 is 0. The Morgan fingerprint density at radius 2 is 1.79 bits per heavy atom. The van der Waals surface area contributed by atoms with Gasteiger partial charge in [-0.05, 0) is 6.42 Å². The van der Waals surface area contributed by atoms with Crippen LogP contribution in [0.15, 0.2) is 0 Å². The molecule has 0 spiro atoms. The van der Waals surface area contributed by atoms with Gasteiger partial charge in [-0.2, -0.15) is 0 Å². The van der Waals surface area contributed by atoms with Crippen LogP contribution >= 0.6 is 0 Å². The molecule has 0 aliphatic heterocycles. The molecule has 0 aromatic rings. The topological polar surface area (TPSA) is 57.5 Å². The van der Waals surface area contributed by atoms with Gasteiger partial charge in [0.25, 0.3) is 0 Å². The van der Waals surface area contributed by atoms with Crippen LogP contribution in [0.4, 0.5) is 0 Å². The van der Waals surface area contributed by atoms with Gasteiger partial charge in [-0.15, -0.1) is 0 Å². The first-order chi connectivity index (χ1) is 6.16. The van der Waals surface area contributed by atoms with E-state index in [4.69, 9.17) is 5.11 Å². The van der Waals surface area contributed by atoms with Crippen molar-refractivity contribution < 1.29 is 15.0 Å². The maximum absolute atomic E-state index is 10.2. The van der Waals surface area contributed by atoms with E-state index in [1.54, 1.807) is 0 Å². The molecule has 0 saturated heterocycles. The Kier molecular flexibility index (Phi) is 15.1. The normalized spacial score (nSPS) is 11.9. The number of hydrogen-bond donors (Lipinski definition) is 2. The quantitative estimate of drug-likeness (QED) is 0.491. The fourth-order valence-corrected chi connectivity index (χ4v) is 1.29. The Morgan fingerprint density at radius 1 is 1.21 bits per heavy atom. The molecule has 0 bridgehead atoms. The first-order valence-electron chi connectivity index (χ1n) is 5.06. The molecule has 79 valence electrons. The molecule has 3 nitrogen and oxygen atoms in total. The van der Waals surface area contributed by atoms with E-state index in [9.17, 15) is 9.90 Å². The molecule has 0 aliphatic carbocycles. The molecule has 0 fully saturated rings. The van der Waals surface area contributed by atoms with Crippen LogP contribution in [0.25, 0.3) is 0 Å². The van der Waals surface area contributed by atoms with Crippen molar-refractivity contribution >= 4 is 57.4 Å². The van der Waals surface area contributed by atoms with E-state index in [0.717, 1.165) is 12.8 Å². The largest absolute Gasteiger partial charge is 0.481 e. The molecule has 4 heteroatoms. The summed E-state index contributed by atoms with van der Waals surface area (Å²) in [6, 6.07) is 0. The Balaban J connectivity index is 0. The predicted molar refractivity (Wildman–Crippen MR) is 57.4 cm³/mol. The summed E-state index contributed by atoms with van der Waals surface area (Å²) in [4.78, 5) is 10.2. The smallest absolute Gasteiger partial charge is 0.305 e. The van der Waals surface area contributed by atoms with E-state index in [1.165, 1.54) is 19.3 Å².